The molecule has 0 fully saturated rings. The van der Waals surface area contributed by atoms with Crippen LogP contribution in [0.3, 0.4) is 0 Å². The maximum absolute atomic E-state index is 5.30. The molecule has 234 valence electrons. The van der Waals surface area contributed by atoms with Crippen molar-refractivity contribution in [2.45, 2.75) is 0 Å². The Kier molecular flexibility index (Phi) is 4.73. The molecular weight excluding hydrogens is 641 g/mol. The monoisotopic (exact) mass is 664 g/mol. The summed E-state index contributed by atoms with van der Waals surface area (Å²) in [5.74, 6) is 0. The molecule has 8 aromatic carbocycles. The molecule has 0 bridgehead atoms. The Morgan fingerprint density at radius 3 is 2.04 bits per heavy atom. The molecule has 0 aliphatic rings. The van der Waals surface area contributed by atoms with E-state index in [4.69, 9.17) is 9.97 Å². The molecule has 0 saturated carbocycles. The Labute approximate surface area is 293 Å². The van der Waals surface area contributed by atoms with Crippen LogP contribution in [-0.4, -0.2) is 18.9 Å². The molecule has 0 amide bonds. The maximum atomic E-state index is 5.30. The minimum Gasteiger partial charge on any atom is -0.309 e. The highest BCUT2D eigenvalue weighted by molar-refractivity contribution is 7.25. The van der Waals surface area contributed by atoms with E-state index < -0.39 is 0 Å². The standard InChI is InChI=1S/C46H24N4S/c1-2-11-27-20-39-31(19-26(27)10-1)33-21-28(22-35-44-46(50(39)45(33)35)48-37-15-7-6-14-36(37)47-44)49-38-18-17-25-9-3-4-12-29(25)43(38)34-23-32-30-13-5-8-16-41(30)51-42(32)24-40(34)49/h1-24H. The molecule has 0 N–H and O–H groups in total. The Balaban J connectivity index is 1.25. The quantitative estimate of drug-likeness (QED) is 0.175. The average Bonchev–Trinajstić information content (AvgIpc) is 3.90. The fourth-order valence-corrected chi connectivity index (χ4v) is 10.1. The summed E-state index contributed by atoms with van der Waals surface area (Å²) in [5.41, 5.74) is 9.52. The molecule has 4 nitrogen and oxygen atoms in total. The molecule has 51 heavy (non-hydrogen) atoms. The smallest absolute Gasteiger partial charge is 0.165 e. The average molecular weight is 665 g/mol. The second kappa shape index (κ2) is 9.16. The first-order valence-electron chi connectivity index (χ1n) is 17.3. The Hall–Kier alpha value is -6.56. The fourth-order valence-electron chi connectivity index (χ4n) is 8.96. The van der Waals surface area contributed by atoms with E-state index in [1.165, 1.54) is 79.8 Å². The Bertz CT molecular complexity index is 3530. The van der Waals surface area contributed by atoms with Crippen molar-refractivity contribution < 1.29 is 0 Å². The zero-order valence-corrected chi connectivity index (χ0v) is 27.9. The van der Waals surface area contributed by atoms with E-state index in [1.54, 1.807) is 0 Å². The van der Waals surface area contributed by atoms with Crippen LogP contribution in [0, 0.1) is 0 Å². The van der Waals surface area contributed by atoms with Gasteiger partial charge in [-0.25, -0.2) is 9.97 Å². The highest BCUT2D eigenvalue weighted by Crippen LogP contribution is 2.45. The largest absolute Gasteiger partial charge is 0.309 e. The van der Waals surface area contributed by atoms with Crippen molar-refractivity contribution in [3.63, 3.8) is 0 Å². The minimum atomic E-state index is 0.899. The van der Waals surface area contributed by atoms with Gasteiger partial charge in [0.15, 0.2) is 5.65 Å². The summed E-state index contributed by atoms with van der Waals surface area (Å²) in [5, 5.41) is 13.7. The molecular formula is C46H24N4S. The molecule has 5 heteroatoms. The van der Waals surface area contributed by atoms with E-state index in [1.807, 2.05) is 23.5 Å². The van der Waals surface area contributed by atoms with Gasteiger partial charge >= 0.3 is 0 Å². The van der Waals surface area contributed by atoms with Crippen molar-refractivity contribution in [2.24, 2.45) is 0 Å². The van der Waals surface area contributed by atoms with E-state index in [0.29, 0.717) is 0 Å². The van der Waals surface area contributed by atoms with Crippen LogP contribution in [0.2, 0.25) is 0 Å². The van der Waals surface area contributed by atoms with Crippen LogP contribution in [-0.2, 0) is 0 Å². The van der Waals surface area contributed by atoms with Gasteiger partial charge in [-0.1, -0.05) is 84.9 Å². The number of hydrogen-bond donors (Lipinski definition) is 0. The maximum Gasteiger partial charge on any atom is 0.165 e. The number of hydrogen-bond acceptors (Lipinski definition) is 3. The molecule has 0 unspecified atom stereocenters. The summed E-state index contributed by atoms with van der Waals surface area (Å²) in [4.78, 5) is 10.6. The predicted octanol–water partition coefficient (Wildman–Crippen LogP) is 12.6. The lowest BCUT2D eigenvalue weighted by Crippen LogP contribution is -1.94. The zero-order valence-electron chi connectivity index (χ0n) is 27.1. The molecule has 5 aromatic heterocycles. The third kappa shape index (κ3) is 3.30. The van der Waals surface area contributed by atoms with Crippen molar-refractivity contribution in [1.29, 1.82) is 0 Å². The lowest BCUT2D eigenvalue weighted by molar-refractivity contribution is 1.19. The molecule has 0 aliphatic carbocycles. The van der Waals surface area contributed by atoms with E-state index in [2.05, 4.69) is 142 Å². The van der Waals surface area contributed by atoms with Gasteiger partial charge in [0.1, 0.15) is 5.52 Å². The van der Waals surface area contributed by atoms with Gasteiger partial charge in [0.25, 0.3) is 0 Å². The highest BCUT2D eigenvalue weighted by Gasteiger charge is 2.24. The van der Waals surface area contributed by atoms with Gasteiger partial charge in [-0.2, -0.15) is 0 Å². The van der Waals surface area contributed by atoms with Crippen LogP contribution in [0.15, 0.2) is 146 Å². The molecule has 0 saturated heterocycles. The van der Waals surface area contributed by atoms with Crippen LogP contribution in [0.4, 0.5) is 0 Å². The van der Waals surface area contributed by atoms with Gasteiger partial charge in [0, 0.05) is 52.8 Å². The first kappa shape index (κ1) is 26.3. The lowest BCUT2D eigenvalue weighted by Gasteiger charge is -2.10. The number of benzene rings is 8. The molecule has 0 radical (unpaired) electrons. The number of thiophene rings is 1. The van der Waals surface area contributed by atoms with Crippen LogP contribution in [0.1, 0.15) is 0 Å². The van der Waals surface area contributed by atoms with Crippen LogP contribution >= 0.6 is 11.3 Å². The van der Waals surface area contributed by atoms with E-state index in [9.17, 15) is 0 Å². The summed E-state index contributed by atoms with van der Waals surface area (Å²) >= 11 is 1.87. The number of rotatable bonds is 1. The van der Waals surface area contributed by atoms with Gasteiger partial charge in [-0.15, -0.1) is 11.3 Å². The topological polar surface area (TPSA) is 35.1 Å². The van der Waals surface area contributed by atoms with Crippen molar-refractivity contribution >= 4 is 124 Å². The summed E-state index contributed by atoms with van der Waals surface area (Å²) in [6, 6.07) is 53.3. The minimum absolute atomic E-state index is 0.899. The number of nitrogens with zero attached hydrogens (tertiary/aromatic N) is 4. The summed E-state index contributed by atoms with van der Waals surface area (Å²) in [6.45, 7) is 0. The molecule has 0 spiro atoms. The van der Waals surface area contributed by atoms with Crippen LogP contribution in [0.25, 0.3) is 119 Å². The summed E-state index contributed by atoms with van der Waals surface area (Å²) in [6.07, 6.45) is 0. The van der Waals surface area contributed by atoms with E-state index in [0.717, 1.165) is 38.8 Å². The molecule has 13 aromatic rings. The predicted molar refractivity (Wildman–Crippen MR) is 216 cm³/mol. The van der Waals surface area contributed by atoms with Crippen molar-refractivity contribution in [1.82, 2.24) is 18.9 Å². The number of aromatic nitrogens is 4. The first-order valence-corrected chi connectivity index (χ1v) is 18.1. The lowest BCUT2D eigenvalue weighted by atomic mass is 10.0. The zero-order chi connectivity index (χ0) is 32.9. The highest BCUT2D eigenvalue weighted by atomic mass is 32.1. The van der Waals surface area contributed by atoms with Gasteiger partial charge in [-0.05, 0) is 82.2 Å². The number of fused-ring (bicyclic) bond motifs is 16. The van der Waals surface area contributed by atoms with Gasteiger partial charge < -0.3 is 4.57 Å². The molecule has 0 aliphatic heterocycles. The van der Waals surface area contributed by atoms with Crippen LogP contribution < -0.4 is 0 Å². The third-order valence-electron chi connectivity index (χ3n) is 11.1. The first-order chi connectivity index (χ1) is 25.3. The number of para-hydroxylation sites is 2. The van der Waals surface area contributed by atoms with Crippen molar-refractivity contribution in [3.05, 3.63) is 146 Å². The van der Waals surface area contributed by atoms with Gasteiger partial charge in [-0.3, -0.25) is 4.40 Å². The molecule has 5 heterocycles. The summed E-state index contributed by atoms with van der Waals surface area (Å²) in [7, 11) is 0. The third-order valence-corrected chi connectivity index (χ3v) is 12.3. The van der Waals surface area contributed by atoms with Gasteiger partial charge in [0.2, 0.25) is 0 Å². The van der Waals surface area contributed by atoms with E-state index >= 15 is 0 Å². The SMILES string of the molecule is c1ccc2cc3c(cc2c1)c1cc(-n2c4cc5sc6ccccc6c5cc4c4c5ccccc5ccc42)cc2c4nc5ccccc5nc4n3c12. The van der Waals surface area contributed by atoms with Crippen LogP contribution in [0.5, 0.6) is 0 Å². The normalized spacial score (nSPS) is 12.7. The van der Waals surface area contributed by atoms with Crippen molar-refractivity contribution in [3.8, 4) is 5.69 Å². The Morgan fingerprint density at radius 1 is 0.431 bits per heavy atom. The second-order valence-electron chi connectivity index (χ2n) is 13.8. The molecule has 13 rings (SSSR count). The molecule has 0 atom stereocenters. The van der Waals surface area contributed by atoms with E-state index in [-0.39, 0.29) is 0 Å². The summed E-state index contributed by atoms with van der Waals surface area (Å²) < 4.78 is 7.46. The van der Waals surface area contributed by atoms with Gasteiger partial charge in [0.05, 0.1) is 33.1 Å². The second-order valence-corrected chi connectivity index (χ2v) is 14.9. The van der Waals surface area contributed by atoms with Crippen molar-refractivity contribution in [2.75, 3.05) is 0 Å². The Morgan fingerprint density at radius 2 is 1.16 bits per heavy atom. The fraction of sp³-hybridized carbons (Fsp3) is 0.